The number of carbonyl (C=O) groups excluding carboxylic acids is 1. The predicted octanol–water partition coefficient (Wildman–Crippen LogP) is 1.61. The van der Waals surface area contributed by atoms with E-state index in [1.165, 1.54) is 0 Å². The maximum absolute atomic E-state index is 11.7. The molecule has 0 aliphatic rings. The van der Waals surface area contributed by atoms with E-state index in [0.29, 0.717) is 5.69 Å². The molecule has 0 atom stereocenters. The highest BCUT2D eigenvalue weighted by Gasteiger charge is 2.14. The normalized spacial score (nSPS) is 10.6. The second kappa shape index (κ2) is 5.32. The Bertz CT molecular complexity index is 559. The fraction of sp³-hybridized carbons (Fsp3) is 0.333. The number of rotatable bonds is 4. The third-order valence-electron chi connectivity index (χ3n) is 2.45. The first-order chi connectivity index (χ1) is 8.61. The average molecular weight is 266 g/mol. The van der Waals surface area contributed by atoms with Crippen LogP contribution in [0.3, 0.4) is 0 Å². The van der Waals surface area contributed by atoms with Crippen LogP contribution in [-0.4, -0.2) is 33.8 Å². The van der Waals surface area contributed by atoms with Crippen LogP contribution >= 0.6 is 11.3 Å². The van der Waals surface area contributed by atoms with Crippen LogP contribution in [-0.2, 0) is 11.8 Å². The lowest BCUT2D eigenvalue weighted by Crippen LogP contribution is -2.11. The molecule has 2 aromatic heterocycles. The zero-order valence-corrected chi connectivity index (χ0v) is 11.0. The highest BCUT2D eigenvalue weighted by Crippen LogP contribution is 2.23. The minimum atomic E-state index is -0.440. The van der Waals surface area contributed by atoms with Gasteiger partial charge in [-0.15, -0.1) is 11.3 Å². The Kier molecular flexibility index (Phi) is 3.78. The Morgan fingerprint density at radius 2 is 2.39 bits per heavy atom. The minimum absolute atomic E-state index is 0.00908. The van der Waals surface area contributed by atoms with Gasteiger partial charge in [-0.1, -0.05) is 0 Å². The molecular weight excluding hydrogens is 252 g/mol. The number of ether oxygens (including phenoxy) is 1. The summed E-state index contributed by atoms with van der Waals surface area (Å²) in [6.45, 7) is 1.77. The van der Waals surface area contributed by atoms with Crippen molar-refractivity contribution >= 4 is 17.3 Å². The summed E-state index contributed by atoms with van der Waals surface area (Å²) in [7, 11) is 1.78. The zero-order valence-electron chi connectivity index (χ0n) is 10.2. The Morgan fingerprint density at radius 1 is 1.61 bits per heavy atom. The van der Waals surface area contributed by atoms with E-state index in [0.717, 1.165) is 16.3 Å². The number of nitrogens with zero attached hydrogens (tertiary/aromatic N) is 2. The molecule has 0 spiro atoms. The van der Waals surface area contributed by atoms with Gasteiger partial charge in [0, 0.05) is 24.2 Å². The molecule has 0 bridgehead atoms. The summed E-state index contributed by atoms with van der Waals surface area (Å²) in [5.74, 6) is -0.440. The Labute approximate surface area is 109 Å². The second-order valence-corrected chi connectivity index (χ2v) is 4.90. The SMILES string of the molecule is Cc1nc(-c2cc(C(=O)OCCO)n(C)c2)cs1. The van der Waals surface area contributed by atoms with Gasteiger partial charge in [-0.2, -0.15) is 0 Å². The van der Waals surface area contributed by atoms with Crippen molar-refractivity contribution in [2.45, 2.75) is 6.92 Å². The van der Waals surface area contributed by atoms with Crippen LogP contribution in [0, 0.1) is 6.92 Å². The molecule has 0 fully saturated rings. The molecule has 0 aromatic carbocycles. The van der Waals surface area contributed by atoms with Crippen molar-refractivity contribution in [3.63, 3.8) is 0 Å². The van der Waals surface area contributed by atoms with E-state index in [1.54, 1.807) is 29.0 Å². The summed E-state index contributed by atoms with van der Waals surface area (Å²) in [6.07, 6.45) is 1.84. The highest BCUT2D eigenvalue weighted by atomic mass is 32.1. The van der Waals surface area contributed by atoms with Crippen LogP contribution in [0.1, 0.15) is 15.5 Å². The van der Waals surface area contributed by atoms with E-state index in [9.17, 15) is 4.79 Å². The maximum atomic E-state index is 11.7. The lowest BCUT2D eigenvalue weighted by atomic mass is 10.2. The molecular formula is C12H14N2O3S. The summed E-state index contributed by atoms with van der Waals surface area (Å²) in [5, 5.41) is 11.6. The number of aliphatic hydroxyl groups is 1. The van der Waals surface area contributed by atoms with Crippen LogP contribution < -0.4 is 0 Å². The van der Waals surface area contributed by atoms with Gasteiger partial charge in [0.05, 0.1) is 17.3 Å². The minimum Gasteiger partial charge on any atom is -0.459 e. The molecule has 2 heterocycles. The second-order valence-electron chi connectivity index (χ2n) is 3.84. The van der Waals surface area contributed by atoms with Gasteiger partial charge in [-0.05, 0) is 13.0 Å². The van der Waals surface area contributed by atoms with Crippen molar-refractivity contribution in [1.29, 1.82) is 0 Å². The molecule has 0 aliphatic carbocycles. The van der Waals surface area contributed by atoms with Crippen molar-refractivity contribution in [3.8, 4) is 11.3 Å². The van der Waals surface area contributed by atoms with E-state index < -0.39 is 5.97 Å². The van der Waals surface area contributed by atoms with Gasteiger partial charge in [0.25, 0.3) is 0 Å². The summed E-state index contributed by atoms with van der Waals surface area (Å²) >= 11 is 1.57. The summed E-state index contributed by atoms with van der Waals surface area (Å²) in [6, 6.07) is 1.74. The van der Waals surface area contributed by atoms with Crippen molar-refractivity contribution in [3.05, 3.63) is 28.3 Å². The standard InChI is InChI=1S/C12H14N2O3S/c1-8-13-10(7-18-8)9-5-11(14(2)6-9)12(16)17-4-3-15/h5-7,15H,3-4H2,1-2H3. The van der Waals surface area contributed by atoms with Gasteiger partial charge >= 0.3 is 5.97 Å². The van der Waals surface area contributed by atoms with E-state index in [2.05, 4.69) is 4.98 Å². The molecule has 2 aromatic rings. The van der Waals surface area contributed by atoms with E-state index in [1.807, 2.05) is 18.5 Å². The van der Waals surface area contributed by atoms with E-state index in [4.69, 9.17) is 9.84 Å². The maximum Gasteiger partial charge on any atom is 0.355 e. The third kappa shape index (κ3) is 2.60. The molecule has 0 saturated heterocycles. The first-order valence-electron chi connectivity index (χ1n) is 5.48. The monoisotopic (exact) mass is 266 g/mol. The summed E-state index contributed by atoms with van der Waals surface area (Å²) < 4.78 is 6.58. The predicted molar refractivity (Wildman–Crippen MR) is 68.6 cm³/mol. The topological polar surface area (TPSA) is 64.3 Å². The zero-order chi connectivity index (χ0) is 13.1. The number of aliphatic hydroxyl groups excluding tert-OH is 1. The van der Waals surface area contributed by atoms with Gasteiger partial charge in [0.2, 0.25) is 0 Å². The summed E-state index contributed by atoms with van der Waals surface area (Å²) in [5.41, 5.74) is 2.19. The van der Waals surface area contributed by atoms with E-state index >= 15 is 0 Å². The molecule has 0 aliphatic heterocycles. The van der Waals surface area contributed by atoms with Gasteiger partial charge in [0.15, 0.2) is 0 Å². The Hall–Kier alpha value is -1.66. The highest BCUT2D eigenvalue weighted by molar-refractivity contribution is 7.09. The molecule has 2 rings (SSSR count). The lowest BCUT2D eigenvalue weighted by molar-refractivity contribution is 0.0423. The smallest absolute Gasteiger partial charge is 0.355 e. The van der Waals surface area contributed by atoms with E-state index in [-0.39, 0.29) is 13.2 Å². The molecule has 0 radical (unpaired) electrons. The largest absolute Gasteiger partial charge is 0.459 e. The van der Waals surface area contributed by atoms with Crippen molar-refractivity contribution in [2.24, 2.45) is 7.05 Å². The third-order valence-corrected chi connectivity index (χ3v) is 3.23. The molecule has 5 nitrogen and oxygen atoms in total. The molecule has 6 heteroatoms. The quantitative estimate of drug-likeness (QED) is 0.854. The van der Waals surface area contributed by atoms with Gasteiger partial charge in [-0.3, -0.25) is 0 Å². The molecule has 96 valence electrons. The Morgan fingerprint density at radius 3 is 3.00 bits per heavy atom. The molecule has 18 heavy (non-hydrogen) atoms. The van der Waals surface area contributed by atoms with Crippen LogP contribution in [0.5, 0.6) is 0 Å². The molecule has 0 amide bonds. The van der Waals surface area contributed by atoms with Crippen LogP contribution in [0.4, 0.5) is 0 Å². The number of aromatic nitrogens is 2. The van der Waals surface area contributed by atoms with Crippen molar-refractivity contribution in [2.75, 3.05) is 13.2 Å². The number of hydrogen-bond donors (Lipinski definition) is 1. The van der Waals surface area contributed by atoms with Crippen LogP contribution in [0.15, 0.2) is 17.6 Å². The van der Waals surface area contributed by atoms with Crippen molar-refractivity contribution < 1.29 is 14.6 Å². The summed E-state index contributed by atoms with van der Waals surface area (Å²) in [4.78, 5) is 16.1. The first kappa shape index (κ1) is 12.8. The van der Waals surface area contributed by atoms with Crippen molar-refractivity contribution in [1.82, 2.24) is 9.55 Å². The first-order valence-corrected chi connectivity index (χ1v) is 6.36. The number of hydrogen-bond acceptors (Lipinski definition) is 5. The van der Waals surface area contributed by atoms with Gasteiger partial charge < -0.3 is 14.4 Å². The molecule has 0 unspecified atom stereocenters. The number of thiazole rings is 1. The number of esters is 1. The fourth-order valence-corrected chi connectivity index (χ4v) is 2.24. The van der Waals surface area contributed by atoms with Crippen LogP contribution in [0.2, 0.25) is 0 Å². The number of carbonyl (C=O) groups is 1. The van der Waals surface area contributed by atoms with Gasteiger partial charge in [0.1, 0.15) is 12.3 Å². The van der Waals surface area contributed by atoms with Crippen LogP contribution in [0.25, 0.3) is 11.3 Å². The molecule has 0 saturated carbocycles. The Balaban J connectivity index is 2.24. The molecule has 1 N–H and O–H groups in total. The lowest BCUT2D eigenvalue weighted by Gasteiger charge is -2.02. The number of aryl methyl sites for hydroxylation is 2. The fourth-order valence-electron chi connectivity index (χ4n) is 1.62. The van der Waals surface area contributed by atoms with Gasteiger partial charge in [-0.25, -0.2) is 9.78 Å². The average Bonchev–Trinajstić information content (AvgIpc) is 2.92.